The van der Waals surface area contributed by atoms with Crippen molar-refractivity contribution < 1.29 is 9.59 Å². The highest BCUT2D eigenvalue weighted by Gasteiger charge is 2.63. The molecule has 7 heteroatoms. The van der Waals surface area contributed by atoms with Gasteiger partial charge in [-0.15, -0.1) is 11.8 Å². The lowest BCUT2D eigenvalue weighted by Crippen LogP contribution is -2.51. The number of fused-ring (bicyclic) bond motifs is 2. The number of urea groups is 1. The van der Waals surface area contributed by atoms with Crippen molar-refractivity contribution in [2.75, 3.05) is 23.3 Å². The van der Waals surface area contributed by atoms with Crippen LogP contribution in [0.15, 0.2) is 48.5 Å². The van der Waals surface area contributed by atoms with E-state index in [1.165, 1.54) is 0 Å². The lowest BCUT2D eigenvalue weighted by atomic mass is 10.1. The maximum absolute atomic E-state index is 13.6. The van der Waals surface area contributed by atoms with Gasteiger partial charge in [0.05, 0.1) is 5.69 Å². The third-order valence-corrected chi connectivity index (χ3v) is 6.94. The first-order chi connectivity index (χ1) is 13.3. The summed E-state index contributed by atoms with van der Waals surface area (Å²) >= 11 is 7.49. The predicted molar refractivity (Wildman–Crippen MR) is 115 cm³/mol. The zero-order chi connectivity index (χ0) is 20.1. The molecule has 1 atom stereocenters. The Kier molecular flexibility index (Phi) is 4.59. The Morgan fingerprint density at radius 1 is 1.18 bits per heavy atom. The SMILES string of the molecule is CCN1C(=O)[C@]2(SC(C)(C)CN2C(=O)Nc2ccc(Cl)cc2)c2ccccc21. The van der Waals surface area contributed by atoms with Gasteiger partial charge in [-0.1, -0.05) is 29.8 Å². The van der Waals surface area contributed by atoms with Gasteiger partial charge in [-0.05, 0) is 51.1 Å². The molecule has 28 heavy (non-hydrogen) atoms. The van der Waals surface area contributed by atoms with E-state index in [1.807, 2.05) is 31.2 Å². The number of rotatable bonds is 2. The van der Waals surface area contributed by atoms with Crippen LogP contribution in [0.25, 0.3) is 0 Å². The maximum atomic E-state index is 13.6. The molecular weight excluding hydrogens is 394 g/mol. The highest BCUT2D eigenvalue weighted by Crippen LogP contribution is 2.59. The lowest BCUT2D eigenvalue weighted by Gasteiger charge is -2.33. The van der Waals surface area contributed by atoms with Crippen molar-refractivity contribution in [1.29, 1.82) is 0 Å². The fourth-order valence-electron chi connectivity index (χ4n) is 3.99. The minimum absolute atomic E-state index is 0.0574. The van der Waals surface area contributed by atoms with Crippen molar-refractivity contribution in [3.05, 3.63) is 59.1 Å². The number of nitrogens with one attached hydrogen (secondary N) is 1. The summed E-state index contributed by atoms with van der Waals surface area (Å²) in [5, 5.41) is 3.53. The first-order valence-corrected chi connectivity index (χ1v) is 10.4. The number of amides is 3. The summed E-state index contributed by atoms with van der Waals surface area (Å²) in [6.07, 6.45) is 0. The van der Waals surface area contributed by atoms with Crippen LogP contribution in [0.3, 0.4) is 0 Å². The first kappa shape index (κ1) is 19.2. The molecule has 1 N–H and O–H groups in total. The largest absolute Gasteiger partial charge is 0.323 e. The van der Waals surface area contributed by atoms with E-state index in [2.05, 4.69) is 19.2 Å². The van der Waals surface area contributed by atoms with Gasteiger partial charge in [0.25, 0.3) is 5.91 Å². The molecule has 0 saturated carbocycles. The Hall–Kier alpha value is -2.18. The van der Waals surface area contributed by atoms with Crippen LogP contribution in [0.1, 0.15) is 26.3 Å². The van der Waals surface area contributed by atoms with E-state index in [-0.39, 0.29) is 16.7 Å². The van der Waals surface area contributed by atoms with Crippen molar-refractivity contribution in [3.8, 4) is 0 Å². The van der Waals surface area contributed by atoms with Gasteiger partial charge in [0, 0.05) is 34.1 Å². The Morgan fingerprint density at radius 2 is 1.86 bits per heavy atom. The molecule has 0 aromatic heterocycles. The number of likely N-dealkylation sites (N-methyl/N-ethyl adjacent to an activating group) is 1. The number of carbonyl (C=O) groups is 2. The average molecular weight is 416 g/mol. The molecule has 0 radical (unpaired) electrons. The van der Waals surface area contributed by atoms with Gasteiger partial charge in [-0.2, -0.15) is 0 Å². The first-order valence-electron chi connectivity index (χ1n) is 9.24. The average Bonchev–Trinajstić information content (AvgIpc) is 3.09. The second-order valence-corrected chi connectivity index (χ2v) is 9.93. The number of para-hydroxylation sites is 1. The number of hydrogen-bond acceptors (Lipinski definition) is 3. The van der Waals surface area contributed by atoms with Crippen LogP contribution < -0.4 is 10.2 Å². The summed E-state index contributed by atoms with van der Waals surface area (Å²) in [4.78, 5) is 29.3. The molecule has 0 aliphatic carbocycles. The van der Waals surface area contributed by atoms with E-state index < -0.39 is 4.87 Å². The van der Waals surface area contributed by atoms with Crippen LogP contribution in [0.4, 0.5) is 16.2 Å². The van der Waals surface area contributed by atoms with Crippen LogP contribution in [-0.2, 0) is 9.67 Å². The van der Waals surface area contributed by atoms with Crippen LogP contribution >= 0.6 is 23.4 Å². The molecule has 4 rings (SSSR count). The molecular formula is C21H22ClN3O2S. The summed E-state index contributed by atoms with van der Waals surface area (Å²) < 4.78 is -0.260. The van der Waals surface area contributed by atoms with Gasteiger partial charge in [-0.25, -0.2) is 4.79 Å². The smallest absolute Gasteiger partial charge is 0.309 e. The van der Waals surface area contributed by atoms with Crippen LogP contribution in [0, 0.1) is 0 Å². The molecule has 2 aromatic rings. The van der Waals surface area contributed by atoms with Gasteiger partial charge in [0.1, 0.15) is 0 Å². The lowest BCUT2D eigenvalue weighted by molar-refractivity contribution is -0.123. The zero-order valence-corrected chi connectivity index (χ0v) is 17.6. The number of thioether (sulfide) groups is 1. The second kappa shape index (κ2) is 6.71. The van der Waals surface area contributed by atoms with E-state index in [9.17, 15) is 9.59 Å². The van der Waals surface area contributed by atoms with Crippen molar-refractivity contribution >= 4 is 46.7 Å². The molecule has 1 saturated heterocycles. The Balaban J connectivity index is 1.77. The van der Waals surface area contributed by atoms with Crippen molar-refractivity contribution in [1.82, 2.24) is 4.90 Å². The number of carbonyl (C=O) groups excluding carboxylic acids is 2. The minimum atomic E-state index is -1.05. The second-order valence-electron chi connectivity index (χ2n) is 7.60. The number of hydrogen-bond donors (Lipinski definition) is 1. The van der Waals surface area contributed by atoms with Gasteiger partial charge in [0.2, 0.25) is 0 Å². The number of nitrogens with zero attached hydrogens (tertiary/aromatic N) is 2. The van der Waals surface area contributed by atoms with Gasteiger partial charge < -0.3 is 10.2 Å². The van der Waals surface area contributed by atoms with Crippen molar-refractivity contribution in [3.63, 3.8) is 0 Å². The molecule has 2 aliphatic heterocycles. The predicted octanol–water partition coefficient (Wildman–Crippen LogP) is 4.92. The molecule has 1 spiro atoms. The maximum Gasteiger partial charge on any atom is 0.323 e. The number of benzene rings is 2. The highest BCUT2D eigenvalue weighted by atomic mass is 35.5. The molecule has 2 aliphatic rings. The van der Waals surface area contributed by atoms with Gasteiger partial charge >= 0.3 is 6.03 Å². The van der Waals surface area contributed by atoms with Gasteiger partial charge in [-0.3, -0.25) is 9.69 Å². The Morgan fingerprint density at radius 3 is 2.54 bits per heavy atom. The van der Waals surface area contributed by atoms with Crippen LogP contribution in [-0.4, -0.2) is 34.7 Å². The monoisotopic (exact) mass is 415 g/mol. The van der Waals surface area contributed by atoms with Crippen LogP contribution in [0.2, 0.25) is 5.02 Å². The van der Waals surface area contributed by atoms with Crippen LogP contribution in [0.5, 0.6) is 0 Å². The molecule has 2 aromatic carbocycles. The highest BCUT2D eigenvalue weighted by molar-refractivity contribution is 8.02. The zero-order valence-electron chi connectivity index (χ0n) is 16.0. The van der Waals surface area contributed by atoms with Gasteiger partial charge in [0.15, 0.2) is 4.87 Å². The molecule has 2 heterocycles. The molecule has 3 amide bonds. The molecule has 146 valence electrons. The minimum Gasteiger partial charge on any atom is -0.309 e. The number of anilines is 2. The molecule has 0 unspecified atom stereocenters. The summed E-state index contributed by atoms with van der Waals surface area (Å²) in [6.45, 7) is 7.12. The molecule has 1 fully saturated rings. The third kappa shape index (κ3) is 2.86. The summed E-state index contributed by atoms with van der Waals surface area (Å²) in [7, 11) is 0. The van der Waals surface area contributed by atoms with E-state index in [0.29, 0.717) is 23.8 Å². The third-order valence-electron chi connectivity index (χ3n) is 5.09. The Labute approximate surface area is 174 Å². The van der Waals surface area contributed by atoms with Crippen molar-refractivity contribution in [2.45, 2.75) is 30.4 Å². The Bertz CT molecular complexity index is 947. The molecule has 5 nitrogen and oxygen atoms in total. The van der Waals surface area contributed by atoms with E-state index >= 15 is 0 Å². The standard InChI is InChI=1S/C21H22ClN3O2S/c1-4-24-17-8-6-5-7-16(17)21(18(24)26)25(13-20(2,3)28-21)19(27)23-15-11-9-14(22)10-12-15/h5-12H,4,13H2,1-3H3,(H,23,27)/t21-/m1/s1. The normalized spacial score (nSPS) is 22.6. The summed E-state index contributed by atoms with van der Waals surface area (Å²) in [5.74, 6) is -0.0574. The van der Waals surface area contributed by atoms with E-state index in [0.717, 1.165) is 11.3 Å². The summed E-state index contributed by atoms with van der Waals surface area (Å²) in [5.41, 5.74) is 2.40. The summed E-state index contributed by atoms with van der Waals surface area (Å²) in [6, 6.07) is 14.4. The van der Waals surface area contributed by atoms with Crippen molar-refractivity contribution in [2.24, 2.45) is 0 Å². The topological polar surface area (TPSA) is 52.7 Å². The fraction of sp³-hybridized carbons (Fsp3) is 0.333. The number of halogens is 1. The van der Waals surface area contributed by atoms with E-state index in [4.69, 9.17) is 11.6 Å². The van der Waals surface area contributed by atoms with E-state index in [1.54, 1.807) is 45.8 Å². The quantitative estimate of drug-likeness (QED) is 0.757. The molecule has 0 bridgehead atoms. The fourth-order valence-corrected chi connectivity index (χ4v) is 5.85.